The molecule has 4 aromatic carbocycles. The van der Waals surface area contributed by atoms with Gasteiger partial charge in [-0.2, -0.15) is 0 Å². The van der Waals surface area contributed by atoms with E-state index >= 15 is 0 Å². The third-order valence-electron chi connectivity index (χ3n) is 7.30. The average Bonchev–Trinajstić information content (AvgIpc) is 3.51. The number of nitrogens with one attached hydrogen (secondary N) is 2. The second kappa shape index (κ2) is 15.5. The number of hydrogen-bond donors (Lipinski definition) is 4. The zero-order valence-electron chi connectivity index (χ0n) is 26.3. The molecule has 2 amide bonds. The number of carboxylic acids is 2. The van der Waals surface area contributed by atoms with Gasteiger partial charge in [0, 0.05) is 21.5 Å². The average molecular weight is 695 g/mol. The van der Waals surface area contributed by atoms with Crippen LogP contribution in [0.5, 0.6) is 0 Å². The maximum atomic E-state index is 14.0. The summed E-state index contributed by atoms with van der Waals surface area (Å²) in [4.78, 5) is 64.0. The van der Waals surface area contributed by atoms with E-state index in [1.807, 2.05) is 66.9 Å². The molecule has 1 heterocycles. The van der Waals surface area contributed by atoms with Gasteiger partial charge in [0.15, 0.2) is 0 Å². The number of carbonyl (C=O) groups is 5. The topological polar surface area (TPSA) is 159 Å². The van der Waals surface area contributed by atoms with Crippen molar-refractivity contribution in [2.45, 2.75) is 24.0 Å². The minimum atomic E-state index is -1.45. The molecule has 1 aromatic heterocycles. The number of benzene rings is 4. The van der Waals surface area contributed by atoms with Crippen LogP contribution in [0.4, 0.5) is 10.7 Å². The van der Waals surface area contributed by atoms with Crippen LogP contribution >= 0.6 is 23.1 Å². The van der Waals surface area contributed by atoms with Crippen LogP contribution < -0.4 is 10.6 Å². The van der Waals surface area contributed by atoms with Crippen molar-refractivity contribution in [2.24, 2.45) is 0 Å². The van der Waals surface area contributed by atoms with E-state index in [4.69, 9.17) is 4.74 Å². The Bertz CT molecular complexity index is 2040. The SMILES string of the molecule is CCOC(=O)c1c(-c2ccc(C)cc2)csc1NC(=O)C(Sc1cccc(NC(=O)c2ccc(C(=O)O)cc2C(=O)O)c1)c1ccccc1. The van der Waals surface area contributed by atoms with Gasteiger partial charge in [-0.1, -0.05) is 66.2 Å². The van der Waals surface area contributed by atoms with E-state index in [0.717, 1.165) is 29.3 Å². The lowest BCUT2D eigenvalue weighted by molar-refractivity contribution is -0.115. The molecule has 1 unspecified atom stereocenters. The smallest absolute Gasteiger partial charge is 0.341 e. The first-order valence-corrected chi connectivity index (χ1v) is 16.7. The molecule has 5 aromatic rings. The zero-order chi connectivity index (χ0) is 35.1. The van der Waals surface area contributed by atoms with Crippen LogP contribution in [0.1, 0.15) is 64.7 Å². The molecule has 0 fully saturated rings. The van der Waals surface area contributed by atoms with Gasteiger partial charge in [0.25, 0.3) is 5.91 Å². The number of hydrogen-bond acceptors (Lipinski definition) is 8. The molecule has 4 N–H and O–H groups in total. The number of thiophene rings is 1. The van der Waals surface area contributed by atoms with E-state index in [9.17, 15) is 34.2 Å². The van der Waals surface area contributed by atoms with Crippen LogP contribution in [-0.4, -0.2) is 46.5 Å². The van der Waals surface area contributed by atoms with Crippen molar-refractivity contribution in [1.29, 1.82) is 0 Å². The van der Waals surface area contributed by atoms with Gasteiger partial charge in [0.1, 0.15) is 15.8 Å². The Morgan fingerprint density at radius 1 is 0.816 bits per heavy atom. The molecular weight excluding hydrogens is 665 g/mol. The molecule has 0 spiro atoms. The van der Waals surface area contributed by atoms with Crippen molar-refractivity contribution in [1.82, 2.24) is 0 Å². The van der Waals surface area contributed by atoms with Gasteiger partial charge < -0.3 is 25.6 Å². The number of esters is 1. The van der Waals surface area contributed by atoms with Gasteiger partial charge >= 0.3 is 17.9 Å². The lowest BCUT2D eigenvalue weighted by Crippen LogP contribution is -2.20. The molecule has 0 aliphatic rings. The van der Waals surface area contributed by atoms with Crippen LogP contribution in [0, 0.1) is 6.92 Å². The van der Waals surface area contributed by atoms with E-state index in [-0.39, 0.29) is 23.3 Å². The second-order valence-corrected chi connectivity index (χ2v) is 12.7. The van der Waals surface area contributed by atoms with Gasteiger partial charge in [0.2, 0.25) is 5.91 Å². The summed E-state index contributed by atoms with van der Waals surface area (Å²) in [6.45, 7) is 3.85. The standard InChI is InChI=1S/C37H30N2O8S2/c1-3-47-37(46)30-29(22-14-12-21(2)13-15-22)20-48-34(30)39-33(41)31(23-8-5-4-6-9-23)49-26-11-7-10-25(19-26)38-32(40)27-17-16-24(35(42)43)18-28(27)36(44)45/h4-20,31H,3H2,1-2H3,(H,38,40)(H,39,41)(H,42,43)(H,44,45). The molecule has 10 nitrogen and oxygen atoms in total. The van der Waals surface area contributed by atoms with Crippen LogP contribution in [0.2, 0.25) is 0 Å². The minimum Gasteiger partial charge on any atom is -0.478 e. The van der Waals surface area contributed by atoms with Crippen molar-refractivity contribution in [3.63, 3.8) is 0 Å². The molecule has 0 aliphatic carbocycles. The van der Waals surface area contributed by atoms with Crippen molar-refractivity contribution in [3.8, 4) is 11.1 Å². The fraction of sp³-hybridized carbons (Fsp3) is 0.108. The first kappa shape index (κ1) is 34.6. The van der Waals surface area contributed by atoms with Crippen LogP contribution in [-0.2, 0) is 9.53 Å². The molecule has 5 rings (SSSR count). The number of rotatable bonds is 12. The summed E-state index contributed by atoms with van der Waals surface area (Å²) in [5.74, 6) is -4.46. The molecule has 49 heavy (non-hydrogen) atoms. The summed E-state index contributed by atoms with van der Waals surface area (Å²) in [5.41, 5.74) is 2.88. The van der Waals surface area contributed by atoms with E-state index in [1.54, 1.807) is 31.2 Å². The predicted molar refractivity (Wildman–Crippen MR) is 189 cm³/mol. The summed E-state index contributed by atoms with van der Waals surface area (Å²) < 4.78 is 5.37. The van der Waals surface area contributed by atoms with E-state index in [1.165, 1.54) is 23.1 Å². The number of amides is 2. The zero-order valence-corrected chi connectivity index (χ0v) is 27.9. The number of aromatic carboxylic acids is 2. The first-order chi connectivity index (χ1) is 23.5. The van der Waals surface area contributed by atoms with Crippen molar-refractivity contribution < 1.29 is 38.9 Å². The summed E-state index contributed by atoms with van der Waals surface area (Å²) in [7, 11) is 0. The highest BCUT2D eigenvalue weighted by Crippen LogP contribution is 2.40. The quantitative estimate of drug-likeness (QED) is 0.0749. The largest absolute Gasteiger partial charge is 0.478 e. The third kappa shape index (κ3) is 8.23. The Morgan fingerprint density at radius 2 is 1.55 bits per heavy atom. The van der Waals surface area contributed by atoms with Crippen LogP contribution in [0.15, 0.2) is 107 Å². The Labute approximate surface area is 289 Å². The van der Waals surface area contributed by atoms with Crippen molar-refractivity contribution in [2.75, 3.05) is 17.2 Å². The molecule has 248 valence electrons. The second-order valence-electron chi connectivity index (χ2n) is 10.7. The monoisotopic (exact) mass is 694 g/mol. The maximum absolute atomic E-state index is 14.0. The number of thioether (sulfide) groups is 1. The minimum absolute atomic E-state index is 0.163. The summed E-state index contributed by atoms with van der Waals surface area (Å²) in [5, 5.41) is 25.8. The van der Waals surface area contributed by atoms with Crippen molar-refractivity contribution in [3.05, 3.63) is 136 Å². The first-order valence-electron chi connectivity index (χ1n) is 15.0. The van der Waals surface area contributed by atoms with E-state index in [0.29, 0.717) is 26.7 Å². The predicted octanol–water partition coefficient (Wildman–Crippen LogP) is 8.02. The van der Waals surface area contributed by atoms with Gasteiger partial charge in [-0.3, -0.25) is 9.59 Å². The molecule has 0 aliphatic heterocycles. The highest BCUT2D eigenvalue weighted by molar-refractivity contribution is 8.00. The van der Waals surface area contributed by atoms with Crippen molar-refractivity contribution >= 4 is 63.5 Å². The molecule has 0 radical (unpaired) electrons. The molecule has 0 saturated heterocycles. The normalized spacial score (nSPS) is 11.3. The van der Waals surface area contributed by atoms with E-state index in [2.05, 4.69) is 10.6 Å². The number of carboxylic acid groups (broad SMARTS) is 2. The van der Waals surface area contributed by atoms with Gasteiger partial charge in [-0.15, -0.1) is 23.1 Å². The maximum Gasteiger partial charge on any atom is 0.341 e. The van der Waals surface area contributed by atoms with Gasteiger partial charge in [-0.05, 0) is 61.4 Å². The number of anilines is 2. The third-order valence-corrected chi connectivity index (χ3v) is 9.44. The fourth-order valence-electron chi connectivity index (χ4n) is 4.91. The highest BCUT2D eigenvalue weighted by atomic mass is 32.2. The highest BCUT2D eigenvalue weighted by Gasteiger charge is 2.28. The molecular formula is C37H30N2O8S2. The number of aryl methyl sites for hydroxylation is 1. The number of carbonyl (C=O) groups excluding carboxylic acids is 3. The van der Waals surface area contributed by atoms with Gasteiger partial charge in [0.05, 0.1) is 23.3 Å². The Kier molecular flexibility index (Phi) is 10.9. The Morgan fingerprint density at radius 3 is 2.22 bits per heavy atom. The van der Waals surface area contributed by atoms with Crippen LogP contribution in [0.25, 0.3) is 11.1 Å². The molecule has 0 bridgehead atoms. The van der Waals surface area contributed by atoms with Gasteiger partial charge in [-0.25, -0.2) is 14.4 Å². The Hall–Kier alpha value is -5.72. The summed E-state index contributed by atoms with van der Waals surface area (Å²) >= 11 is 2.44. The lowest BCUT2D eigenvalue weighted by Gasteiger charge is -2.18. The molecule has 0 saturated carbocycles. The fourth-order valence-corrected chi connectivity index (χ4v) is 6.96. The lowest BCUT2D eigenvalue weighted by atomic mass is 10.0. The molecule has 1 atom stereocenters. The molecule has 12 heteroatoms. The Balaban J connectivity index is 1.42. The summed E-state index contributed by atoms with van der Waals surface area (Å²) in [6, 6.07) is 26.7. The number of ether oxygens (including phenoxy) is 1. The summed E-state index contributed by atoms with van der Waals surface area (Å²) in [6.07, 6.45) is 0. The van der Waals surface area contributed by atoms with E-state index < -0.39 is 40.5 Å². The van der Waals surface area contributed by atoms with Crippen LogP contribution in [0.3, 0.4) is 0 Å².